The molecular weight excluding hydrogens is 351 g/mol. The van der Waals surface area contributed by atoms with Crippen molar-refractivity contribution in [1.29, 1.82) is 0 Å². The molecule has 1 aromatic rings. The lowest BCUT2D eigenvalue weighted by Gasteiger charge is -2.24. The number of nitrogens with one attached hydrogen (secondary N) is 1. The molecule has 0 saturated heterocycles. The molecular formula is C9H11BrF3N3O2S. The number of amides is 1. The molecule has 0 saturated carbocycles. The fraction of sp³-hybridized carbons (Fsp3) is 0.556. The number of aliphatic hydroxyl groups excluding tert-OH is 1. The number of rotatable bonds is 4. The first-order valence-corrected chi connectivity index (χ1v) is 6.60. The number of carbonyl (C=O) groups excluding carboxylic acids is 1. The molecule has 0 aliphatic rings. The predicted molar refractivity (Wildman–Crippen MR) is 67.6 cm³/mol. The monoisotopic (exact) mass is 361 g/mol. The van der Waals surface area contributed by atoms with Crippen molar-refractivity contribution in [2.75, 3.05) is 12.4 Å². The van der Waals surface area contributed by atoms with Crippen molar-refractivity contribution in [1.82, 2.24) is 9.88 Å². The zero-order valence-electron chi connectivity index (χ0n) is 9.95. The zero-order chi connectivity index (χ0) is 14.8. The maximum atomic E-state index is 12.3. The smallest absolute Gasteiger partial charge is 0.370 e. The van der Waals surface area contributed by atoms with Gasteiger partial charge in [-0.3, -0.25) is 9.69 Å². The van der Waals surface area contributed by atoms with E-state index in [1.165, 1.54) is 6.92 Å². The minimum atomic E-state index is -4.72. The second-order valence-electron chi connectivity index (χ2n) is 3.75. The third-order valence-corrected chi connectivity index (χ3v) is 3.79. The number of thiazole rings is 1. The van der Waals surface area contributed by atoms with E-state index in [9.17, 15) is 18.0 Å². The van der Waals surface area contributed by atoms with Gasteiger partial charge in [0.15, 0.2) is 5.13 Å². The van der Waals surface area contributed by atoms with Gasteiger partial charge in [-0.1, -0.05) is 11.3 Å². The van der Waals surface area contributed by atoms with Gasteiger partial charge in [0.1, 0.15) is 0 Å². The molecule has 108 valence electrons. The van der Waals surface area contributed by atoms with Gasteiger partial charge in [0.25, 0.3) is 0 Å². The Hall–Kier alpha value is -0.710. The van der Waals surface area contributed by atoms with E-state index in [4.69, 9.17) is 5.11 Å². The molecule has 1 aromatic heterocycles. The van der Waals surface area contributed by atoms with Crippen LogP contribution in [0.3, 0.4) is 0 Å². The van der Waals surface area contributed by atoms with E-state index in [2.05, 4.69) is 26.2 Å². The highest BCUT2D eigenvalue weighted by atomic mass is 79.9. The average Bonchev–Trinajstić information content (AvgIpc) is 2.55. The lowest BCUT2D eigenvalue weighted by Crippen LogP contribution is -2.42. The van der Waals surface area contributed by atoms with Crippen molar-refractivity contribution in [3.63, 3.8) is 0 Å². The molecule has 0 bridgehead atoms. The van der Waals surface area contributed by atoms with Gasteiger partial charge in [-0.05, 0) is 23.0 Å². The molecule has 5 nitrogen and oxygen atoms in total. The summed E-state index contributed by atoms with van der Waals surface area (Å²) in [5.41, 5.74) is 0.305. The number of aliphatic hydroxyl groups is 1. The molecule has 0 spiro atoms. The summed E-state index contributed by atoms with van der Waals surface area (Å²) in [7, 11) is 1.13. The normalized spacial score (nSPS) is 13.7. The van der Waals surface area contributed by atoms with E-state index in [0.29, 0.717) is 14.4 Å². The van der Waals surface area contributed by atoms with Gasteiger partial charge in [0, 0.05) is 13.5 Å². The summed E-state index contributed by atoms with van der Waals surface area (Å²) in [6.07, 6.45) is -7.29. The summed E-state index contributed by atoms with van der Waals surface area (Å²) in [5, 5.41) is 11.8. The lowest BCUT2D eigenvalue weighted by molar-refractivity contribution is -0.247. The minimum absolute atomic E-state index is 0.211. The second-order valence-corrected chi connectivity index (χ2v) is 6.07. The summed E-state index contributed by atoms with van der Waals surface area (Å²) in [6, 6.07) is 0. The average molecular weight is 362 g/mol. The Morgan fingerprint density at radius 2 is 2.21 bits per heavy atom. The third-order valence-electron chi connectivity index (χ3n) is 2.04. The van der Waals surface area contributed by atoms with Crippen LogP contribution in [0, 0.1) is 0 Å². The molecule has 1 unspecified atom stereocenters. The summed E-state index contributed by atoms with van der Waals surface area (Å²) >= 11 is 4.24. The number of hydrogen-bond donors (Lipinski definition) is 2. The van der Waals surface area contributed by atoms with Gasteiger partial charge in [0.05, 0.1) is 9.48 Å². The molecule has 0 aliphatic heterocycles. The predicted octanol–water partition coefficient (Wildman–Crippen LogP) is 2.18. The van der Waals surface area contributed by atoms with Crippen molar-refractivity contribution in [2.45, 2.75) is 25.9 Å². The summed E-state index contributed by atoms with van der Waals surface area (Å²) < 4.78 is 37.4. The Kier molecular flexibility index (Phi) is 5.30. The first-order chi connectivity index (χ1) is 8.61. The first kappa shape index (κ1) is 16.3. The summed E-state index contributed by atoms with van der Waals surface area (Å²) in [4.78, 5) is 15.5. The number of carbonyl (C=O) groups is 1. The van der Waals surface area contributed by atoms with Gasteiger partial charge in [-0.2, -0.15) is 13.2 Å². The molecule has 1 rings (SSSR count). The Labute approximate surface area is 119 Å². The van der Waals surface area contributed by atoms with E-state index in [1.54, 1.807) is 0 Å². The molecule has 1 amide bonds. The van der Waals surface area contributed by atoms with Gasteiger partial charge in [-0.15, -0.1) is 0 Å². The zero-order valence-corrected chi connectivity index (χ0v) is 12.4. The Morgan fingerprint density at radius 3 is 2.68 bits per heavy atom. The standard InChI is InChI=1S/C9H11BrF3N3O2S/c1-4(17)14-8-15-5(6(10)19-8)3-16(2)7(18)9(11,12)13/h7,18H,3H2,1-2H3,(H,14,15,17). The van der Waals surface area contributed by atoms with Crippen LogP contribution in [0.4, 0.5) is 18.3 Å². The fourth-order valence-corrected chi connectivity index (χ4v) is 2.63. The topological polar surface area (TPSA) is 65.5 Å². The van der Waals surface area contributed by atoms with Gasteiger partial charge in [0.2, 0.25) is 12.1 Å². The van der Waals surface area contributed by atoms with Crippen LogP contribution in [0.5, 0.6) is 0 Å². The van der Waals surface area contributed by atoms with Gasteiger partial charge in [-0.25, -0.2) is 4.98 Å². The Bertz CT molecular complexity index is 466. The van der Waals surface area contributed by atoms with Crippen molar-refractivity contribution < 1.29 is 23.1 Å². The van der Waals surface area contributed by atoms with E-state index in [0.717, 1.165) is 18.4 Å². The lowest BCUT2D eigenvalue weighted by atomic mass is 10.4. The molecule has 2 N–H and O–H groups in total. The molecule has 10 heteroatoms. The molecule has 0 radical (unpaired) electrons. The number of hydrogen-bond acceptors (Lipinski definition) is 5. The van der Waals surface area contributed by atoms with Crippen molar-refractivity contribution in [3.8, 4) is 0 Å². The summed E-state index contributed by atoms with van der Waals surface area (Å²) in [6.45, 7) is 1.09. The highest BCUT2D eigenvalue weighted by Gasteiger charge is 2.41. The summed E-state index contributed by atoms with van der Waals surface area (Å²) in [5.74, 6) is -0.323. The quantitative estimate of drug-likeness (QED) is 0.806. The van der Waals surface area contributed by atoms with Crippen LogP contribution in [-0.4, -0.2) is 40.3 Å². The largest absolute Gasteiger partial charge is 0.428 e. The maximum Gasteiger partial charge on any atom is 0.428 e. The molecule has 1 heterocycles. The van der Waals surface area contributed by atoms with Gasteiger partial charge < -0.3 is 10.4 Å². The van der Waals surface area contributed by atoms with Crippen LogP contribution in [0.15, 0.2) is 3.79 Å². The van der Waals surface area contributed by atoms with Crippen molar-refractivity contribution in [2.24, 2.45) is 0 Å². The third kappa shape index (κ3) is 4.71. The van der Waals surface area contributed by atoms with Crippen LogP contribution in [0.1, 0.15) is 12.6 Å². The van der Waals surface area contributed by atoms with E-state index in [1.807, 2.05) is 0 Å². The second kappa shape index (κ2) is 6.16. The highest BCUT2D eigenvalue weighted by Crippen LogP contribution is 2.30. The molecule has 0 aliphatic carbocycles. The first-order valence-electron chi connectivity index (χ1n) is 4.99. The van der Waals surface area contributed by atoms with Crippen molar-refractivity contribution in [3.05, 3.63) is 9.48 Å². The molecule has 1 atom stereocenters. The number of alkyl halides is 3. The van der Waals surface area contributed by atoms with E-state index >= 15 is 0 Å². The number of aromatic nitrogens is 1. The fourth-order valence-electron chi connectivity index (χ4n) is 1.21. The van der Waals surface area contributed by atoms with E-state index in [-0.39, 0.29) is 17.6 Å². The van der Waals surface area contributed by atoms with Gasteiger partial charge >= 0.3 is 6.18 Å². The molecule has 0 fully saturated rings. The Morgan fingerprint density at radius 1 is 1.63 bits per heavy atom. The van der Waals surface area contributed by atoms with Crippen LogP contribution in [0.2, 0.25) is 0 Å². The highest BCUT2D eigenvalue weighted by molar-refractivity contribution is 9.11. The van der Waals surface area contributed by atoms with Crippen molar-refractivity contribution >= 4 is 38.3 Å². The number of halogens is 4. The van der Waals surface area contributed by atoms with Crippen LogP contribution in [0.25, 0.3) is 0 Å². The molecule has 0 aromatic carbocycles. The van der Waals surface area contributed by atoms with E-state index < -0.39 is 12.4 Å². The number of anilines is 1. The van der Waals surface area contributed by atoms with Crippen LogP contribution in [-0.2, 0) is 11.3 Å². The SMILES string of the molecule is CC(=O)Nc1nc(CN(C)C(O)C(F)(F)F)c(Br)s1. The minimum Gasteiger partial charge on any atom is -0.370 e. The van der Waals surface area contributed by atoms with Crippen LogP contribution >= 0.6 is 27.3 Å². The maximum absolute atomic E-state index is 12.3. The Balaban J connectivity index is 2.77. The molecule has 19 heavy (non-hydrogen) atoms. The number of nitrogens with zero attached hydrogens (tertiary/aromatic N) is 2. The van der Waals surface area contributed by atoms with Crippen LogP contribution < -0.4 is 5.32 Å².